The molecule has 1 aliphatic heterocycles. The number of piperidine rings is 1. The Hall–Kier alpha value is -1.35. The molecule has 0 amide bonds. The Morgan fingerprint density at radius 3 is 2.60 bits per heavy atom. The number of likely N-dealkylation sites (tertiary alicyclic amines) is 1. The topological polar surface area (TPSA) is 25.4 Å². The van der Waals surface area contributed by atoms with Gasteiger partial charge in [0.2, 0.25) is 0 Å². The first-order valence-electron chi connectivity index (χ1n) is 8.74. The van der Waals surface area contributed by atoms with Gasteiger partial charge in [-0.05, 0) is 12.1 Å². The van der Waals surface area contributed by atoms with Crippen molar-refractivity contribution >= 4 is 37.3 Å². The van der Waals surface area contributed by atoms with Crippen LogP contribution in [0.3, 0.4) is 0 Å². The van der Waals surface area contributed by atoms with E-state index in [9.17, 15) is 0 Å². The molecule has 3 nitrogen and oxygen atoms in total. The monoisotopic (exact) mass is 413 g/mol. The number of hydrogen-bond donors (Lipinski definition) is 0. The standard InChI is InChI=1S/C20H22AsN2OS/c1-21-16-10-12-23(13-11-16)14-15-6-8-17(9-7-15)24-20-22-18-4-2-3-5-19(18)25-20/h2-9,16H,10-14H2,1H3. The zero-order chi connectivity index (χ0) is 17.1. The van der Waals surface area contributed by atoms with E-state index in [4.69, 9.17) is 4.74 Å². The molecule has 2 heterocycles. The van der Waals surface area contributed by atoms with Gasteiger partial charge >= 0.3 is 125 Å². The van der Waals surface area contributed by atoms with Crippen LogP contribution in [0.4, 0.5) is 0 Å². The Balaban J connectivity index is 1.37. The molecule has 0 atom stereocenters. The SMILES string of the molecule is C[As]C1CCN(Cc2ccc(Oc3nc4ccccc4s3)cc2)CC1. The molecular formula is C20H22AsN2OS. The molecule has 0 N–H and O–H groups in total. The molecule has 0 bridgehead atoms. The summed E-state index contributed by atoms with van der Waals surface area (Å²) in [6.07, 6.45) is 2.77. The van der Waals surface area contributed by atoms with E-state index in [2.05, 4.69) is 45.9 Å². The normalized spacial score (nSPS) is 16.8. The number of benzene rings is 2. The maximum atomic E-state index is 5.93. The average molecular weight is 413 g/mol. The molecule has 3 aromatic rings. The van der Waals surface area contributed by atoms with Crippen LogP contribution in [0.25, 0.3) is 10.2 Å². The van der Waals surface area contributed by atoms with E-state index in [1.54, 1.807) is 11.3 Å². The van der Waals surface area contributed by atoms with Crippen molar-refractivity contribution in [2.45, 2.75) is 29.8 Å². The molecule has 1 aliphatic rings. The summed E-state index contributed by atoms with van der Waals surface area (Å²) in [4.78, 5) is 7.11. The fourth-order valence-corrected chi connectivity index (χ4v) is 5.66. The summed E-state index contributed by atoms with van der Waals surface area (Å²) in [5, 5.41) is 0.707. The zero-order valence-corrected chi connectivity index (χ0v) is 17.1. The molecule has 0 spiro atoms. The van der Waals surface area contributed by atoms with Crippen molar-refractivity contribution in [3.05, 3.63) is 54.1 Å². The van der Waals surface area contributed by atoms with Crippen molar-refractivity contribution in [3.8, 4) is 10.9 Å². The van der Waals surface area contributed by atoms with Crippen molar-refractivity contribution in [2.75, 3.05) is 13.1 Å². The first kappa shape index (κ1) is 17.1. The van der Waals surface area contributed by atoms with E-state index in [1.165, 1.54) is 31.5 Å². The van der Waals surface area contributed by atoms with Crippen LogP contribution >= 0.6 is 11.3 Å². The van der Waals surface area contributed by atoms with Gasteiger partial charge in [-0.1, -0.05) is 12.1 Å². The summed E-state index contributed by atoms with van der Waals surface area (Å²) in [6.45, 7) is 3.55. The Morgan fingerprint density at radius 1 is 1.12 bits per heavy atom. The van der Waals surface area contributed by atoms with Gasteiger partial charge in [0.25, 0.3) is 0 Å². The van der Waals surface area contributed by atoms with E-state index in [-0.39, 0.29) is 0 Å². The molecule has 5 heteroatoms. The van der Waals surface area contributed by atoms with Gasteiger partial charge in [-0.25, -0.2) is 0 Å². The molecule has 25 heavy (non-hydrogen) atoms. The third-order valence-corrected chi connectivity index (χ3v) is 8.26. The predicted octanol–water partition coefficient (Wildman–Crippen LogP) is 5.23. The first-order chi connectivity index (χ1) is 12.3. The second kappa shape index (κ2) is 7.90. The van der Waals surface area contributed by atoms with Gasteiger partial charge in [0.1, 0.15) is 0 Å². The number of hydrogen-bond acceptors (Lipinski definition) is 4. The van der Waals surface area contributed by atoms with Crippen LogP contribution < -0.4 is 4.74 Å². The predicted molar refractivity (Wildman–Crippen MR) is 106 cm³/mol. The second-order valence-electron chi connectivity index (χ2n) is 6.46. The first-order valence-corrected chi connectivity index (χ1v) is 12.5. The molecule has 1 radical (unpaired) electrons. The van der Waals surface area contributed by atoms with Gasteiger partial charge in [-0.15, -0.1) is 0 Å². The fraction of sp³-hybridized carbons (Fsp3) is 0.350. The van der Waals surface area contributed by atoms with Crippen molar-refractivity contribution in [1.82, 2.24) is 9.88 Å². The fourth-order valence-electron chi connectivity index (χ4n) is 3.25. The zero-order valence-electron chi connectivity index (χ0n) is 14.4. The van der Waals surface area contributed by atoms with Crippen LogP contribution in [0.5, 0.6) is 10.9 Å². The van der Waals surface area contributed by atoms with Crippen molar-refractivity contribution < 1.29 is 4.74 Å². The third kappa shape index (κ3) is 4.25. The van der Waals surface area contributed by atoms with Crippen LogP contribution in [0.2, 0.25) is 10.4 Å². The number of rotatable bonds is 5. The average Bonchev–Trinajstić information content (AvgIpc) is 3.06. The van der Waals surface area contributed by atoms with Crippen molar-refractivity contribution in [1.29, 1.82) is 0 Å². The Bertz CT molecular complexity index is 792. The Labute approximate surface area is 159 Å². The molecule has 1 fully saturated rings. The van der Waals surface area contributed by atoms with E-state index in [0.717, 1.165) is 27.2 Å². The molecule has 2 aromatic carbocycles. The van der Waals surface area contributed by atoms with Crippen LogP contribution in [-0.4, -0.2) is 38.7 Å². The molecule has 1 saturated heterocycles. The molecule has 0 unspecified atom stereocenters. The van der Waals surface area contributed by atoms with E-state index < -0.39 is 0 Å². The minimum atomic E-state index is 0.554. The van der Waals surface area contributed by atoms with Crippen molar-refractivity contribution in [2.24, 2.45) is 0 Å². The van der Waals surface area contributed by atoms with E-state index in [1.807, 2.05) is 18.2 Å². The van der Waals surface area contributed by atoms with Crippen molar-refractivity contribution in [3.63, 3.8) is 0 Å². The molecule has 4 rings (SSSR count). The molecular weight excluding hydrogens is 391 g/mol. The molecule has 0 saturated carbocycles. The van der Waals surface area contributed by atoms with E-state index >= 15 is 0 Å². The summed E-state index contributed by atoms with van der Waals surface area (Å²) in [7, 11) is 0. The second-order valence-corrected chi connectivity index (χ2v) is 10.1. The van der Waals surface area contributed by atoms with Gasteiger partial charge in [0, 0.05) is 0 Å². The number of para-hydroxylation sites is 1. The minimum absolute atomic E-state index is 0.554. The van der Waals surface area contributed by atoms with Gasteiger partial charge in [0.05, 0.1) is 10.2 Å². The summed E-state index contributed by atoms with van der Waals surface area (Å²) >= 11 is 2.14. The summed E-state index contributed by atoms with van der Waals surface area (Å²) in [6, 6.07) is 16.6. The molecule has 129 valence electrons. The van der Waals surface area contributed by atoms with Crippen LogP contribution in [0.15, 0.2) is 48.5 Å². The number of fused-ring (bicyclic) bond motifs is 1. The summed E-state index contributed by atoms with van der Waals surface area (Å²) < 4.78 is 8.12. The van der Waals surface area contributed by atoms with Gasteiger partial charge in [0.15, 0.2) is 0 Å². The van der Waals surface area contributed by atoms with Gasteiger partial charge in [-0.2, -0.15) is 0 Å². The Kier molecular flexibility index (Phi) is 5.40. The number of aromatic nitrogens is 1. The van der Waals surface area contributed by atoms with E-state index in [0.29, 0.717) is 20.9 Å². The third-order valence-electron chi connectivity index (χ3n) is 4.73. The number of nitrogens with zero attached hydrogens (tertiary/aromatic N) is 2. The van der Waals surface area contributed by atoms with Crippen LogP contribution in [0, 0.1) is 0 Å². The summed E-state index contributed by atoms with van der Waals surface area (Å²) in [5.41, 5.74) is 4.76. The van der Waals surface area contributed by atoms with Crippen LogP contribution in [-0.2, 0) is 6.54 Å². The van der Waals surface area contributed by atoms with Crippen LogP contribution in [0.1, 0.15) is 18.4 Å². The van der Waals surface area contributed by atoms with Gasteiger partial charge < -0.3 is 0 Å². The summed E-state index contributed by atoms with van der Waals surface area (Å²) in [5.74, 6) is 0.858. The quantitative estimate of drug-likeness (QED) is 0.536. The Morgan fingerprint density at radius 2 is 1.88 bits per heavy atom. The maximum absolute atomic E-state index is 5.93. The molecule has 1 aromatic heterocycles. The molecule has 0 aliphatic carbocycles. The number of ether oxygens (including phenoxy) is 1. The van der Waals surface area contributed by atoms with Gasteiger partial charge in [-0.3, -0.25) is 0 Å². The number of thiazole rings is 1.